The molecule has 1 rings (SSSR count). The summed E-state index contributed by atoms with van der Waals surface area (Å²) in [4.78, 5) is 24.0. The van der Waals surface area contributed by atoms with E-state index in [1.165, 1.54) is 0 Å². The number of carboxylic acid groups (broad SMARTS) is 1. The van der Waals surface area contributed by atoms with Crippen LogP contribution in [0.15, 0.2) is 0 Å². The van der Waals surface area contributed by atoms with E-state index in [9.17, 15) is 9.59 Å². The second kappa shape index (κ2) is 8.02. The summed E-state index contributed by atoms with van der Waals surface area (Å²) in [7, 11) is 0. The van der Waals surface area contributed by atoms with Crippen molar-refractivity contribution in [2.45, 2.75) is 18.9 Å². The Morgan fingerprint density at radius 3 is 2.67 bits per heavy atom. The summed E-state index contributed by atoms with van der Waals surface area (Å²) in [5, 5.41) is 11.1. The Balaban J connectivity index is 2.13. The lowest BCUT2D eigenvalue weighted by molar-refractivity contribution is -0.137. The zero-order chi connectivity index (χ0) is 13.4. The van der Waals surface area contributed by atoms with Crippen molar-refractivity contribution in [2.75, 3.05) is 39.4 Å². The fourth-order valence-electron chi connectivity index (χ4n) is 1.73. The highest BCUT2D eigenvalue weighted by Crippen LogP contribution is 1.97. The minimum Gasteiger partial charge on any atom is -0.481 e. The molecule has 1 heterocycles. The van der Waals surface area contributed by atoms with Gasteiger partial charge in [0.05, 0.1) is 19.3 Å². The molecule has 1 aliphatic heterocycles. The number of nitrogens with two attached hydrogens (primary N) is 1. The number of carboxylic acids is 1. The van der Waals surface area contributed by atoms with Crippen molar-refractivity contribution in [1.29, 1.82) is 0 Å². The van der Waals surface area contributed by atoms with E-state index in [1.807, 2.05) is 0 Å². The first-order valence-electron chi connectivity index (χ1n) is 6.15. The van der Waals surface area contributed by atoms with Crippen molar-refractivity contribution in [3.63, 3.8) is 0 Å². The Morgan fingerprint density at radius 1 is 1.39 bits per heavy atom. The number of hydrogen-bond acceptors (Lipinski definition) is 5. The summed E-state index contributed by atoms with van der Waals surface area (Å²) in [6.07, 6.45) is 0.477. The second-order valence-electron chi connectivity index (χ2n) is 4.31. The lowest BCUT2D eigenvalue weighted by Gasteiger charge is -2.28. The molecule has 0 aliphatic carbocycles. The van der Waals surface area contributed by atoms with E-state index >= 15 is 0 Å². The van der Waals surface area contributed by atoms with Crippen molar-refractivity contribution in [3.05, 3.63) is 0 Å². The van der Waals surface area contributed by atoms with Crippen molar-refractivity contribution in [2.24, 2.45) is 5.73 Å². The Morgan fingerprint density at radius 2 is 2.06 bits per heavy atom. The maximum Gasteiger partial charge on any atom is 0.303 e. The van der Waals surface area contributed by atoms with E-state index in [-0.39, 0.29) is 12.3 Å². The number of nitrogens with one attached hydrogen (secondary N) is 1. The third kappa shape index (κ3) is 5.95. The topological polar surface area (TPSA) is 105 Å². The molecule has 104 valence electrons. The molecule has 0 aromatic carbocycles. The first-order valence-corrected chi connectivity index (χ1v) is 6.15. The van der Waals surface area contributed by atoms with Gasteiger partial charge in [0.1, 0.15) is 0 Å². The summed E-state index contributed by atoms with van der Waals surface area (Å²) in [6.45, 7) is 3.79. The molecule has 1 fully saturated rings. The number of aliphatic carboxylic acids is 1. The Labute approximate surface area is 106 Å². The van der Waals surface area contributed by atoms with Crippen LogP contribution in [0.25, 0.3) is 0 Å². The molecule has 0 aromatic heterocycles. The molecule has 0 aromatic rings. The van der Waals surface area contributed by atoms with Gasteiger partial charge >= 0.3 is 5.97 Å². The summed E-state index contributed by atoms with van der Waals surface area (Å²) >= 11 is 0. The second-order valence-corrected chi connectivity index (χ2v) is 4.31. The molecule has 1 unspecified atom stereocenters. The number of hydrogen-bond donors (Lipinski definition) is 3. The zero-order valence-corrected chi connectivity index (χ0v) is 10.4. The maximum absolute atomic E-state index is 11.6. The highest BCUT2D eigenvalue weighted by molar-refractivity contribution is 5.81. The van der Waals surface area contributed by atoms with Crippen LogP contribution in [-0.4, -0.2) is 67.3 Å². The van der Waals surface area contributed by atoms with Gasteiger partial charge in [-0.15, -0.1) is 0 Å². The standard InChI is InChI=1S/C11H21N3O4/c12-9(8-14-4-6-18-7-5-14)11(17)13-3-1-2-10(15)16/h9H,1-8,12H2,(H,13,17)(H,15,16). The van der Waals surface area contributed by atoms with Crippen LogP contribution in [0.5, 0.6) is 0 Å². The smallest absolute Gasteiger partial charge is 0.303 e. The van der Waals surface area contributed by atoms with Gasteiger partial charge in [0, 0.05) is 32.6 Å². The van der Waals surface area contributed by atoms with Gasteiger partial charge in [-0.05, 0) is 6.42 Å². The number of amides is 1. The fraction of sp³-hybridized carbons (Fsp3) is 0.818. The first-order chi connectivity index (χ1) is 8.59. The number of ether oxygens (including phenoxy) is 1. The van der Waals surface area contributed by atoms with E-state index in [4.69, 9.17) is 15.6 Å². The molecule has 18 heavy (non-hydrogen) atoms. The third-order valence-corrected chi connectivity index (χ3v) is 2.76. The van der Waals surface area contributed by atoms with Crippen molar-refractivity contribution in [1.82, 2.24) is 10.2 Å². The number of rotatable bonds is 7. The molecule has 1 atom stereocenters. The largest absolute Gasteiger partial charge is 0.481 e. The monoisotopic (exact) mass is 259 g/mol. The van der Waals surface area contributed by atoms with Gasteiger partial charge in [0.25, 0.3) is 0 Å². The van der Waals surface area contributed by atoms with Crippen LogP contribution in [0, 0.1) is 0 Å². The van der Waals surface area contributed by atoms with Gasteiger partial charge < -0.3 is 20.9 Å². The first kappa shape index (κ1) is 14.9. The average Bonchev–Trinajstić information content (AvgIpc) is 2.35. The summed E-state index contributed by atoms with van der Waals surface area (Å²) in [5.41, 5.74) is 5.78. The van der Waals surface area contributed by atoms with Crippen LogP contribution in [0.3, 0.4) is 0 Å². The zero-order valence-electron chi connectivity index (χ0n) is 10.4. The van der Waals surface area contributed by atoms with Crippen molar-refractivity contribution < 1.29 is 19.4 Å². The summed E-state index contributed by atoms with van der Waals surface area (Å²) in [6, 6.07) is -0.576. The van der Waals surface area contributed by atoms with Gasteiger partial charge in [0.15, 0.2) is 0 Å². The third-order valence-electron chi connectivity index (χ3n) is 2.76. The van der Waals surface area contributed by atoms with Crippen LogP contribution < -0.4 is 11.1 Å². The SMILES string of the molecule is NC(CN1CCOCC1)C(=O)NCCCC(=O)O. The lowest BCUT2D eigenvalue weighted by Crippen LogP contribution is -2.50. The van der Waals surface area contributed by atoms with E-state index in [2.05, 4.69) is 10.2 Å². The van der Waals surface area contributed by atoms with Crippen LogP contribution in [0.1, 0.15) is 12.8 Å². The minimum atomic E-state index is -0.859. The molecule has 1 saturated heterocycles. The van der Waals surface area contributed by atoms with Gasteiger partial charge in [-0.1, -0.05) is 0 Å². The van der Waals surface area contributed by atoms with E-state index in [0.29, 0.717) is 32.7 Å². The summed E-state index contributed by atoms with van der Waals surface area (Å²) in [5.74, 6) is -1.09. The highest BCUT2D eigenvalue weighted by Gasteiger charge is 2.18. The predicted molar refractivity (Wildman–Crippen MR) is 65.1 cm³/mol. The van der Waals surface area contributed by atoms with Gasteiger partial charge in [-0.3, -0.25) is 14.5 Å². The lowest BCUT2D eigenvalue weighted by atomic mass is 10.2. The molecule has 7 nitrogen and oxygen atoms in total. The van der Waals surface area contributed by atoms with Gasteiger partial charge in [-0.2, -0.15) is 0 Å². The maximum atomic E-state index is 11.6. The van der Waals surface area contributed by atoms with Crippen LogP contribution in [0.2, 0.25) is 0 Å². The van der Waals surface area contributed by atoms with Gasteiger partial charge in [-0.25, -0.2) is 0 Å². The Kier molecular flexibility index (Phi) is 6.63. The number of morpholine rings is 1. The molecule has 1 amide bonds. The number of carbonyl (C=O) groups is 2. The van der Waals surface area contributed by atoms with Crippen LogP contribution >= 0.6 is 0 Å². The molecule has 0 radical (unpaired) electrons. The van der Waals surface area contributed by atoms with Gasteiger partial charge in [0.2, 0.25) is 5.91 Å². The van der Waals surface area contributed by atoms with Crippen molar-refractivity contribution in [3.8, 4) is 0 Å². The average molecular weight is 259 g/mol. The molecule has 7 heteroatoms. The number of nitrogens with zero attached hydrogens (tertiary/aromatic N) is 1. The molecule has 0 saturated carbocycles. The molecular formula is C11H21N3O4. The quantitative estimate of drug-likeness (QED) is 0.487. The molecule has 4 N–H and O–H groups in total. The van der Waals surface area contributed by atoms with E-state index in [0.717, 1.165) is 13.1 Å². The molecule has 1 aliphatic rings. The predicted octanol–water partition coefficient (Wildman–Crippen LogP) is -1.37. The van der Waals surface area contributed by atoms with Crippen LogP contribution in [0.4, 0.5) is 0 Å². The molecule has 0 spiro atoms. The van der Waals surface area contributed by atoms with Crippen LogP contribution in [-0.2, 0) is 14.3 Å². The van der Waals surface area contributed by atoms with E-state index < -0.39 is 12.0 Å². The molecular weight excluding hydrogens is 238 g/mol. The number of carbonyl (C=O) groups excluding carboxylic acids is 1. The Bertz CT molecular complexity index is 279. The Hall–Kier alpha value is -1.18. The highest BCUT2D eigenvalue weighted by atomic mass is 16.5. The minimum absolute atomic E-state index is 0.0545. The molecule has 0 bridgehead atoms. The van der Waals surface area contributed by atoms with Crippen molar-refractivity contribution >= 4 is 11.9 Å². The van der Waals surface area contributed by atoms with E-state index in [1.54, 1.807) is 0 Å². The fourth-order valence-corrected chi connectivity index (χ4v) is 1.73. The normalized spacial score (nSPS) is 18.3. The summed E-state index contributed by atoms with van der Waals surface area (Å²) < 4.78 is 5.20.